The number of carbonyl (C=O) groups excluding carboxylic acids is 2. The van der Waals surface area contributed by atoms with Gasteiger partial charge in [0.1, 0.15) is 5.75 Å². The molecule has 1 aliphatic rings. The number of fused-ring (bicyclic) bond motifs is 1. The number of hydrogen-bond acceptors (Lipinski definition) is 4. The Morgan fingerprint density at radius 2 is 1.71 bits per heavy atom. The molecule has 1 aromatic heterocycles. The summed E-state index contributed by atoms with van der Waals surface area (Å²) in [5.74, 6) is -0.638. The van der Waals surface area contributed by atoms with Crippen LogP contribution in [0.3, 0.4) is 0 Å². The van der Waals surface area contributed by atoms with Crippen molar-refractivity contribution in [3.63, 3.8) is 0 Å². The van der Waals surface area contributed by atoms with Gasteiger partial charge in [-0.25, -0.2) is 0 Å². The number of aromatic amines is 1. The number of aliphatic hydroxyl groups is 1. The lowest BCUT2D eigenvalue weighted by Crippen LogP contribution is -2.30. The van der Waals surface area contributed by atoms with Crippen molar-refractivity contribution in [1.82, 2.24) is 9.88 Å². The lowest BCUT2D eigenvalue weighted by atomic mass is 9.92. The van der Waals surface area contributed by atoms with Crippen LogP contribution in [0.5, 0.6) is 5.75 Å². The minimum absolute atomic E-state index is 0.144. The van der Waals surface area contributed by atoms with Crippen LogP contribution in [0.15, 0.2) is 96.4 Å². The first-order chi connectivity index (χ1) is 17.1. The van der Waals surface area contributed by atoms with E-state index in [0.29, 0.717) is 12.2 Å². The summed E-state index contributed by atoms with van der Waals surface area (Å²) in [7, 11) is 1.58. The Balaban J connectivity index is 1.55. The van der Waals surface area contributed by atoms with Crippen molar-refractivity contribution >= 4 is 22.6 Å². The summed E-state index contributed by atoms with van der Waals surface area (Å²) in [6.07, 6.45) is 2.54. The average Bonchev–Trinajstić information content (AvgIpc) is 3.42. The van der Waals surface area contributed by atoms with Crippen LogP contribution >= 0.6 is 0 Å². The van der Waals surface area contributed by atoms with Crippen LogP contribution < -0.4 is 4.74 Å². The second kappa shape index (κ2) is 9.50. The van der Waals surface area contributed by atoms with Gasteiger partial charge in [0.2, 0.25) is 0 Å². The van der Waals surface area contributed by atoms with Gasteiger partial charge in [0.15, 0.2) is 11.5 Å². The maximum atomic E-state index is 13.5. The number of Topliss-reactive ketones (excluding diaryl/α,β-unsaturated/α-hetero) is 1. The summed E-state index contributed by atoms with van der Waals surface area (Å²) in [6.45, 7) is 0.187. The van der Waals surface area contributed by atoms with Crippen LogP contribution in [0.4, 0.5) is 0 Å². The zero-order chi connectivity index (χ0) is 24.4. The molecule has 0 radical (unpaired) electrons. The normalized spacial score (nSPS) is 15.7. The minimum atomic E-state index is -0.716. The van der Waals surface area contributed by atoms with Gasteiger partial charge in [0.05, 0.1) is 25.3 Å². The van der Waals surface area contributed by atoms with Crippen molar-refractivity contribution in [2.24, 2.45) is 0 Å². The van der Waals surface area contributed by atoms with E-state index in [1.165, 1.54) is 0 Å². The van der Waals surface area contributed by atoms with Crippen molar-refractivity contribution in [1.29, 1.82) is 0 Å². The summed E-state index contributed by atoms with van der Waals surface area (Å²) < 4.78 is 5.49. The maximum Gasteiger partial charge on any atom is 0.290 e. The van der Waals surface area contributed by atoms with Gasteiger partial charge < -0.3 is 19.7 Å². The van der Waals surface area contributed by atoms with Crippen LogP contribution in [-0.4, -0.2) is 33.8 Å². The largest absolute Gasteiger partial charge is 0.503 e. The summed E-state index contributed by atoms with van der Waals surface area (Å²) in [5, 5.41) is 11.9. The fraction of sp³-hybridized carbons (Fsp3) is 0.172. The zero-order valence-electron chi connectivity index (χ0n) is 19.4. The fourth-order valence-corrected chi connectivity index (χ4v) is 4.80. The second-order valence-electron chi connectivity index (χ2n) is 8.61. The quantitative estimate of drug-likeness (QED) is 0.370. The van der Waals surface area contributed by atoms with Gasteiger partial charge in [-0.15, -0.1) is 0 Å². The van der Waals surface area contributed by atoms with Gasteiger partial charge in [-0.05, 0) is 24.1 Å². The highest BCUT2D eigenvalue weighted by atomic mass is 16.5. The van der Waals surface area contributed by atoms with Crippen LogP contribution in [0.2, 0.25) is 0 Å². The van der Waals surface area contributed by atoms with Gasteiger partial charge in [-0.2, -0.15) is 0 Å². The van der Waals surface area contributed by atoms with E-state index in [1.807, 2.05) is 85.1 Å². The molecule has 0 fully saturated rings. The molecule has 0 spiro atoms. The number of aromatic nitrogens is 1. The number of rotatable bonds is 8. The molecule has 1 aliphatic heterocycles. The SMILES string of the molecule is COc1ccccc1CN1C(=O)C(O)=C(C(=O)CCc2ccccc2)C1c1c[nH]c2ccccc12. The summed E-state index contributed by atoms with van der Waals surface area (Å²) in [5.41, 5.74) is 3.63. The first-order valence-corrected chi connectivity index (χ1v) is 11.6. The Morgan fingerprint density at radius 1 is 1.00 bits per heavy atom. The standard InChI is InChI=1S/C29H26N2O4/c1-35-25-14-8-5-11-20(25)18-31-27(22-17-30-23-13-7-6-12-21(22)23)26(28(33)29(31)34)24(32)16-15-19-9-3-2-4-10-19/h2-14,17,27,30,33H,15-16,18H2,1H3. The molecule has 1 amide bonds. The summed E-state index contributed by atoms with van der Waals surface area (Å²) >= 11 is 0. The van der Waals surface area contributed by atoms with Crippen LogP contribution in [0.25, 0.3) is 10.9 Å². The van der Waals surface area contributed by atoms with E-state index in [9.17, 15) is 14.7 Å². The number of nitrogens with one attached hydrogen (secondary N) is 1. The third kappa shape index (κ3) is 4.19. The molecule has 0 saturated heterocycles. The fourth-order valence-electron chi connectivity index (χ4n) is 4.80. The molecule has 6 heteroatoms. The van der Waals surface area contributed by atoms with Gasteiger partial charge in [0, 0.05) is 34.6 Å². The number of nitrogens with zero attached hydrogens (tertiary/aromatic N) is 1. The molecule has 6 nitrogen and oxygen atoms in total. The van der Waals surface area contributed by atoms with Crippen LogP contribution in [-0.2, 0) is 22.6 Å². The van der Waals surface area contributed by atoms with Crippen LogP contribution in [0, 0.1) is 0 Å². The molecule has 3 aromatic carbocycles. The molecule has 1 unspecified atom stereocenters. The Bertz CT molecular complexity index is 1420. The topological polar surface area (TPSA) is 82.6 Å². The number of ketones is 1. The van der Waals surface area contributed by atoms with E-state index in [2.05, 4.69) is 4.98 Å². The maximum absolute atomic E-state index is 13.5. The number of H-pyrrole nitrogens is 1. The van der Waals surface area contributed by atoms with E-state index < -0.39 is 17.7 Å². The van der Waals surface area contributed by atoms with Crippen molar-refractivity contribution < 1.29 is 19.4 Å². The van der Waals surface area contributed by atoms with Crippen molar-refractivity contribution in [2.75, 3.05) is 7.11 Å². The van der Waals surface area contributed by atoms with Crippen LogP contribution in [0.1, 0.15) is 29.2 Å². The smallest absolute Gasteiger partial charge is 0.290 e. The van der Waals surface area contributed by atoms with E-state index in [1.54, 1.807) is 12.0 Å². The highest BCUT2D eigenvalue weighted by Gasteiger charge is 2.44. The monoisotopic (exact) mass is 466 g/mol. The first kappa shape index (κ1) is 22.5. The molecule has 1 atom stereocenters. The zero-order valence-corrected chi connectivity index (χ0v) is 19.4. The molecule has 5 rings (SSSR count). The number of benzene rings is 3. The van der Waals surface area contributed by atoms with Crippen molar-refractivity contribution in [2.45, 2.75) is 25.4 Å². The van der Waals surface area contributed by atoms with Gasteiger partial charge in [-0.3, -0.25) is 9.59 Å². The molecule has 2 heterocycles. The third-order valence-corrected chi connectivity index (χ3v) is 6.54. The number of amides is 1. The van der Waals surface area contributed by atoms with Crippen molar-refractivity contribution in [3.8, 4) is 5.75 Å². The minimum Gasteiger partial charge on any atom is -0.503 e. The molecular weight excluding hydrogens is 440 g/mol. The number of carbonyl (C=O) groups is 2. The Kier molecular flexibility index (Phi) is 6.10. The third-order valence-electron chi connectivity index (χ3n) is 6.54. The number of aryl methyl sites for hydroxylation is 1. The summed E-state index contributed by atoms with van der Waals surface area (Å²) in [4.78, 5) is 31.7. The Labute approximate surface area is 203 Å². The molecule has 35 heavy (non-hydrogen) atoms. The Hall–Kier alpha value is -4.32. The van der Waals surface area contributed by atoms with E-state index >= 15 is 0 Å². The summed E-state index contributed by atoms with van der Waals surface area (Å²) in [6, 6.07) is 24.2. The lowest BCUT2D eigenvalue weighted by Gasteiger charge is -2.27. The molecule has 0 aliphatic carbocycles. The number of hydrogen-bond donors (Lipinski definition) is 2. The molecule has 0 saturated carbocycles. The Morgan fingerprint density at radius 3 is 2.51 bits per heavy atom. The molecular formula is C29H26N2O4. The van der Waals surface area contributed by atoms with Gasteiger partial charge >= 0.3 is 0 Å². The molecule has 4 aromatic rings. The van der Waals surface area contributed by atoms with Crippen molar-refractivity contribution in [3.05, 3.63) is 113 Å². The number of para-hydroxylation sites is 2. The first-order valence-electron chi connectivity index (χ1n) is 11.6. The van der Waals surface area contributed by atoms with E-state index in [-0.39, 0.29) is 24.3 Å². The van der Waals surface area contributed by atoms with E-state index in [4.69, 9.17) is 4.74 Å². The van der Waals surface area contributed by atoms with E-state index in [0.717, 1.165) is 27.6 Å². The lowest BCUT2D eigenvalue weighted by molar-refractivity contribution is -0.130. The highest BCUT2D eigenvalue weighted by molar-refractivity contribution is 6.09. The van der Waals surface area contributed by atoms with Gasteiger partial charge in [-0.1, -0.05) is 66.7 Å². The molecule has 176 valence electrons. The predicted molar refractivity (Wildman–Crippen MR) is 134 cm³/mol. The average molecular weight is 467 g/mol. The number of methoxy groups -OCH3 is 1. The number of aliphatic hydroxyl groups excluding tert-OH is 1. The van der Waals surface area contributed by atoms with Gasteiger partial charge in [0.25, 0.3) is 5.91 Å². The number of ether oxygens (including phenoxy) is 1. The molecule has 0 bridgehead atoms. The predicted octanol–water partition coefficient (Wildman–Crippen LogP) is 5.27. The molecule has 2 N–H and O–H groups in total. The second-order valence-corrected chi connectivity index (χ2v) is 8.61. The highest BCUT2D eigenvalue weighted by Crippen LogP contribution is 2.42.